The van der Waals surface area contributed by atoms with Crippen LogP contribution in [0.4, 0.5) is 0 Å². The lowest BCUT2D eigenvalue weighted by Crippen LogP contribution is -2.46. The van der Waals surface area contributed by atoms with E-state index in [0.29, 0.717) is 5.92 Å². The molecule has 0 aromatic carbocycles. The van der Waals surface area contributed by atoms with Gasteiger partial charge in [-0.15, -0.1) is 0 Å². The Morgan fingerprint density at radius 3 is 2.67 bits per heavy atom. The van der Waals surface area contributed by atoms with Crippen LogP contribution in [0, 0.1) is 17.8 Å². The highest BCUT2D eigenvalue weighted by atomic mass is 16.5. The molecular weight excluding hydrogens is 268 g/mol. The van der Waals surface area contributed by atoms with Crippen molar-refractivity contribution in [2.75, 3.05) is 39.3 Å². The van der Waals surface area contributed by atoms with Gasteiger partial charge in [0.25, 0.3) is 0 Å². The van der Waals surface area contributed by atoms with Crippen molar-refractivity contribution in [2.24, 2.45) is 17.8 Å². The number of hydrogen-bond donors (Lipinski definition) is 0. The SMILES string of the molecule is C[C@@H]1C(=O)OC[C@H]1C(=O)N1CCC[C@H](CN2CCCC2)C1. The lowest BCUT2D eigenvalue weighted by Gasteiger charge is -2.36. The first-order chi connectivity index (χ1) is 10.1. The molecule has 3 aliphatic rings. The summed E-state index contributed by atoms with van der Waals surface area (Å²) in [6.07, 6.45) is 4.93. The third-order valence-electron chi connectivity index (χ3n) is 5.24. The Morgan fingerprint density at radius 2 is 2.00 bits per heavy atom. The number of amides is 1. The van der Waals surface area contributed by atoms with Gasteiger partial charge in [0, 0.05) is 19.6 Å². The van der Waals surface area contributed by atoms with Crippen molar-refractivity contribution in [3.05, 3.63) is 0 Å². The molecule has 0 aromatic heterocycles. The van der Waals surface area contributed by atoms with Crippen molar-refractivity contribution >= 4 is 11.9 Å². The van der Waals surface area contributed by atoms with Crippen LogP contribution >= 0.6 is 0 Å². The van der Waals surface area contributed by atoms with Gasteiger partial charge < -0.3 is 14.5 Å². The van der Waals surface area contributed by atoms with E-state index < -0.39 is 0 Å². The lowest BCUT2D eigenvalue weighted by atomic mass is 9.92. The maximum Gasteiger partial charge on any atom is 0.309 e. The van der Waals surface area contributed by atoms with Gasteiger partial charge in [0.1, 0.15) is 6.61 Å². The molecule has 0 spiro atoms. The molecular formula is C16H26N2O3. The molecule has 118 valence electrons. The maximum atomic E-state index is 12.6. The average Bonchev–Trinajstić information content (AvgIpc) is 3.10. The lowest BCUT2D eigenvalue weighted by molar-refractivity contribution is -0.142. The van der Waals surface area contributed by atoms with E-state index in [4.69, 9.17) is 4.74 Å². The molecule has 0 unspecified atom stereocenters. The van der Waals surface area contributed by atoms with Crippen molar-refractivity contribution in [3.8, 4) is 0 Å². The fraction of sp³-hybridized carbons (Fsp3) is 0.875. The summed E-state index contributed by atoms with van der Waals surface area (Å²) in [5.41, 5.74) is 0. The molecule has 0 N–H and O–H groups in total. The second kappa shape index (κ2) is 6.34. The number of carbonyl (C=O) groups is 2. The third kappa shape index (κ3) is 3.23. The molecule has 3 fully saturated rings. The van der Waals surface area contributed by atoms with Crippen LogP contribution in [0.5, 0.6) is 0 Å². The van der Waals surface area contributed by atoms with Crippen LogP contribution < -0.4 is 0 Å². The summed E-state index contributed by atoms with van der Waals surface area (Å²) in [6, 6.07) is 0. The third-order valence-corrected chi connectivity index (χ3v) is 5.24. The molecule has 0 bridgehead atoms. The molecule has 0 aromatic rings. The second-order valence-corrected chi connectivity index (χ2v) is 6.83. The van der Waals surface area contributed by atoms with Gasteiger partial charge in [0.05, 0.1) is 11.8 Å². The Balaban J connectivity index is 1.55. The Labute approximate surface area is 126 Å². The summed E-state index contributed by atoms with van der Waals surface area (Å²) in [7, 11) is 0. The summed E-state index contributed by atoms with van der Waals surface area (Å²) < 4.78 is 5.03. The van der Waals surface area contributed by atoms with Gasteiger partial charge in [-0.1, -0.05) is 6.92 Å². The average molecular weight is 294 g/mol. The standard InChI is InChI=1S/C16H26N2O3/c1-12-14(11-21-16(12)20)15(19)18-8-4-5-13(10-18)9-17-6-2-3-7-17/h12-14H,2-11H2,1H3/t12-,13+,14+/m0/s1. The van der Waals surface area contributed by atoms with Crippen LogP contribution in [0.1, 0.15) is 32.6 Å². The molecule has 0 radical (unpaired) electrons. The van der Waals surface area contributed by atoms with E-state index in [-0.39, 0.29) is 30.3 Å². The highest BCUT2D eigenvalue weighted by Gasteiger charge is 2.41. The first-order valence-electron chi connectivity index (χ1n) is 8.33. The second-order valence-electron chi connectivity index (χ2n) is 6.83. The van der Waals surface area contributed by atoms with E-state index in [2.05, 4.69) is 4.90 Å². The molecule has 3 heterocycles. The molecule has 0 aliphatic carbocycles. The van der Waals surface area contributed by atoms with Crippen LogP contribution in [0.15, 0.2) is 0 Å². The van der Waals surface area contributed by atoms with Gasteiger partial charge in [-0.2, -0.15) is 0 Å². The molecule has 0 saturated carbocycles. The van der Waals surface area contributed by atoms with Crippen LogP contribution in [0.3, 0.4) is 0 Å². The van der Waals surface area contributed by atoms with Crippen LogP contribution in [0.2, 0.25) is 0 Å². The van der Waals surface area contributed by atoms with E-state index in [1.165, 1.54) is 32.4 Å². The number of rotatable bonds is 3. The van der Waals surface area contributed by atoms with E-state index in [0.717, 1.165) is 26.1 Å². The number of piperidine rings is 1. The van der Waals surface area contributed by atoms with Crippen molar-refractivity contribution in [1.82, 2.24) is 9.80 Å². The molecule has 3 rings (SSSR count). The highest BCUT2D eigenvalue weighted by Crippen LogP contribution is 2.27. The molecule has 1 amide bonds. The Hall–Kier alpha value is -1.10. The first-order valence-corrected chi connectivity index (χ1v) is 8.33. The minimum Gasteiger partial charge on any atom is -0.465 e. The predicted molar refractivity (Wildman–Crippen MR) is 78.6 cm³/mol. The first kappa shape index (κ1) is 14.8. The van der Waals surface area contributed by atoms with Gasteiger partial charge in [0.2, 0.25) is 5.91 Å². The zero-order chi connectivity index (χ0) is 14.8. The highest BCUT2D eigenvalue weighted by molar-refractivity contribution is 5.87. The molecule has 5 heteroatoms. The summed E-state index contributed by atoms with van der Waals surface area (Å²) in [4.78, 5) is 28.6. The largest absolute Gasteiger partial charge is 0.465 e. The van der Waals surface area contributed by atoms with Crippen LogP contribution in [0.25, 0.3) is 0 Å². The van der Waals surface area contributed by atoms with Gasteiger partial charge in [0.15, 0.2) is 0 Å². The number of nitrogens with zero attached hydrogens (tertiary/aromatic N) is 2. The monoisotopic (exact) mass is 294 g/mol. The van der Waals surface area contributed by atoms with Crippen molar-refractivity contribution in [3.63, 3.8) is 0 Å². The minimum absolute atomic E-state index is 0.125. The fourth-order valence-electron chi connectivity index (χ4n) is 3.88. The number of cyclic esters (lactones) is 1. The quantitative estimate of drug-likeness (QED) is 0.732. The van der Waals surface area contributed by atoms with Gasteiger partial charge >= 0.3 is 5.97 Å². The van der Waals surface area contributed by atoms with E-state index in [9.17, 15) is 9.59 Å². The van der Waals surface area contributed by atoms with E-state index >= 15 is 0 Å². The molecule has 3 saturated heterocycles. The Bertz CT molecular complexity index is 406. The number of esters is 1. The summed E-state index contributed by atoms with van der Waals surface area (Å²) in [6.45, 7) is 7.33. The summed E-state index contributed by atoms with van der Waals surface area (Å²) in [5, 5.41) is 0. The Kier molecular flexibility index (Phi) is 4.48. The number of likely N-dealkylation sites (tertiary alicyclic amines) is 2. The normalized spacial score (nSPS) is 34.2. The van der Waals surface area contributed by atoms with Crippen molar-refractivity contribution in [2.45, 2.75) is 32.6 Å². The summed E-state index contributed by atoms with van der Waals surface area (Å²) >= 11 is 0. The Morgan fingerprint density at radius 1 is 1.24 bits per heavy atom. The van der Waals surface area contributed by atoms with E-state index in [1.807, 2.05) is 11.8 Å². The molecule has 21 heavy (non-hydrogen) atoms. The smallest absolute Gasteiger partial charge is 0.309 e. The minimum atomic E-state index is -0.281. The summed E-state index contributed by atoms with van der Waals surface area (Å²) in [5.74, 6) is -0.0490. The predicted octanol–water partition coefficient (Wildman–Crippen LogP) is 1.13. The number of carbonyl (C=O) groups excluding carboxylic acids is 2. The maximum absolute atomic E-state index is 12.6. The molecule has 3 atom stereocenters. The molecule has 5 nitrogen and oxygen atoms in total. The number of ether oxygens (including phenoxy) is 1. The van der Waals surface area contributed by atoms with Crippen molar-refractivity contribution in [1.29, 1.82) is 0 Å². The van der Waals surface area contributed by atoms with Gasteiger partial charge in [-0.3, -0.25) is 9.59 Å². The fourth-order valence-corrected chi connectivity index (χ4v) is 3.88. The van der Waals surface area contributed by atoms with Gasteiger partial charge in [-0.05, 0) is 44.7 Å². The van der Waals surface area contributed by atoms with Crippen LogP contribution in [-0.2, 0) is 14.3 Å². The molecule has 3 aliphatic heterocycles. The van der Waals surface area contributed by atoms with Gasteiger partial charge in [-0.25, -0.2) is 0 Å². The topological polar surface area (TPSA) is 49.9 Å². The zero-order valence-corrected chi connectivity index (χ0v) is 12.9. The van der Waals surface area contributed by atoms with Crippen LogP contribution in [-0.4, -0.2) is 61.0 Å². The number of hydrogen-bond acceptors (Lipinski definition) is 4. The zero-order valence-electron chi connectivity index (χ0n) is 12.9. The van der Waals surface area contributed by atoms with Crippen molar-refractivity contribution < 1.29 is 14.3 Å². The van der Waals surface area contributed by atoms with E-state index in [1.54, 1.807) is 0 Å².